The predicted molar refractivity (Wildman–Crippen MR) is 154 cm³/mol. The van der Waals surface area contributed by atoms with Gasteiger partial charge in [0.1, 0.15) is 22.7 Å². The van der Waals surface area contributed by atoms with Crippen LogP contribution in [0.15, 0.2) is 48.8 Å². The fourth-order valence-electron chi connectivity index (χ4n) is 3.90. The van der Waals surface area contributed by atoms with E-state index in [0.717, 1.165) is 4.88 Å². The summed E-state index contributed by atoms with van der Waals surface area (Å²) in [5.41, 5.74) is -0.704. The Morgan fingerprint density at radius 2 is 1.98 bits per heavy atom. The molecule has 5 rings (SSSR count). The molecule has 0 aliphatic heterocycles. The number of aromatic nitrogens is 2. The minimum Gasteiger partial charge on any atom is -0.493 e. The van der Waals surface area contributed by atoms with Crippen LogP contribution in [-0.4, -0.2) is 53.0 Å². The van der Waals surface area contributed by atoms with Gasteiger partial charge in [0.2, 0.25) is 0 Å². The molecule has 0 saturated heterocycles. The second-order valence-electron chi connectivity index (χ2n) is 10.1. The van der Waals surface area contributed by atoms with Crippen LogP contribution in [0, 0.1) is 5.92 Å². The first kappa shape index (κ1) is 28.6. The van der Waals surface area contributed by atoms with Gasteiger partial charge in [-0.15, -0.1) is 0 Å². The molecule has 2 amide bonds. The van der Waals surface area contributed by atoms with Crippen molar-refractivity contribution in [1.82, 2.24) is 20.6 Å². The smallest absolute Gasteiger partial charge is 0.331 e. The lowest BCUT2D eigenvalue weighted by molar-refractivity contribution is -0.144. The van der Waals surface area contributed by atoms with Gasteiger partial charge in [0.25, 0.3) is 17.0 Å². The first-order chi connectivity index (χ1) is 19.7. The van der Waals surface area contributed by atoms with E-state index >= 15 is 0 Å². The standard InChI is InChI=1S/C29H29ClN4O6S/c1-17(33-25(35)19-9-12-31-23(13-19)26(36)34-29(10-11-29)27(37)38-2)3-7-21-15-32-28(41-21)40-24-8-6-20(14-22(24)30)39-16-18-4-5-18/h3,6-9,12-15,17-18H,4-5,10-11,16H2,1-2H3,(H,33,35)(H,34,36)/t17-/m0/s1. The zero-order chi connectivity index (χ0) is 29.0. The third-order valence-electron chi connectivity index (χ3n) is 6.63. The zero-order valence-corrected chi connectivity index (χ0v) is 24.1. The van der Waals surface area contributed by atoms with E-state index in [4.69, 9.17) is 25.8 Å². The van der Waals surface area contributed by atoms with Crippen molar-refractivity contribution in [3.05, 3.63) is 70.0 Å². The number of ether oxygens (including phenoxy) is 3. The third kappa shape index (κ3) is 7.42. The summed E-state index contributed by atoms with van der Waals surface area (Å²) in [6, 6.07) is 7.90. The quantitative estimate of drug-likeness (QED) is 0.278. The van der Waals surface area contributed by atoms with Gasteiger partial charge in [0, 0.05) is 30.1 Å². The predicted octanol–water partition coefficient (Wildman–Crippen LogP) is 5.04. The maximum atomic E-state index is 12.8. The number of hydrogen-bond donors (Lipinski definition) is 2. The van der Waals surface area contributed by atoms with Crippen molar-refractivity contribution in [3.8, 4) is 16.7 Å². The maximum Gasteiger partial charge on any atom is 0.331 e. The summed E-state index contributed by atoms with van der Waals surface area (Å²) in [5, 5.41) is 6.40. The first-order valence-electron chi connectivity index (χ1n) is 13.2. The van der Waals surface area contributed by atoms with Crippen molar-refractivity contribution in [2.45, 2.75) is 44.2 Å². The molecule has 2 aromatic heterocycles. The van der Waals surface area contributed by atoms with Gasteiger partial charge >= 0.3 is 5.97 Å². The van der Waals surface area contributed by atoms with Gasteiger partial charge in [0.05, 0.1) is 23.6 Å². The number of rotatable bonds is 12. The van der Waals surface area contributed by atoms with Gasteiger partial charge in [-0.3, -0.25) is 14.6 Å². The van der Waals surface area contributed by atoms with Gasteiger partial charge in [-0.1, -0.05) is 29.0 Å². The highest BCUT2D eigenvalue weighted by Gasteiger charge is 2.52. The summed E-state index contributed by atoms with van der Waals surface area (Å²) in [6.07, 6.45) is 10.1. The molecular formula is C29H29ClN4O6S. The zero-order valence-electron chi connectivity index (χ0n) is 22.5. The van der Waals surface area contributed by atoms with Crippen molar-refractivity contribution in [2.24, 2.45) is 5.92 Å². The van der Waals surface area contributed by atoms with Crippen LogP contribution in [0.3, 0.4) is 0 Å². The van der Waals surface area contributed by atoms with Gasteiger partial charge in [-0.05, 0) is 68.9 Å². The highest BCUT2D eigenvalue weighted by atomic mass is 35.5. The Bertz CT molecular complexity index is 1480. The summed E-state index contributed by atoms with van der Waals surface area (Å²) < 4.78 is 16.4. The Kier molecular flexibility index (Phi) is 8.55. The molecule has 0 spiro atoms. The number of carbonyl (C=O) groups excluding carboxylic acids is 3. The molecule has 2 saturated carbocycles. The number of thiazole rings is 1. The molecule has 2 N–H and O–H groups in total. The lowest BCUT2D eigenvalue weighted by Crippen LogP contribution is -2.44. The molecule has 10 nitrogen and oxygen atoms in total. The molecule has 3 aromatic rings. The number of nitrogens with zero attached hydrogens (tertiary/aromatic N) is 2. The largest absolute Gasteiger partial charge is 0.493 e. The molecule has 214 valence electrons. The summed E-state index contributed by atoms with van der Waals surface area (Å²) in [7, 11) is 1.27. The third-order valence-corrected chi connectivity index (χ3v) is 7.76. The highest BCUT2D eigenvalue weighted by Crippen LogP contribution is 2.37. The Labute approximate surface area is 246 Å². The van der Waals surface area contributed by atoms with Crippen molar-refractivity contribution in [3.63, 3.8) is 0 Å². The number of esters is 1. The SMILES string of the molecule is COC(=O)C1(NC(=O)c2cc(C(=O)N[C@@H](C)C=Cc3cnc(Oc4ccc(OCC5CC5)cc4Cl)s3)ccn2)CC1. The average molecular weight is 597 g/mol. The molecule has 0 bridgehead atoms. The first-order valence-corrected chi connectivity index (χ1v) is 14.4. The van der Waals surface area contributed by atoms with Crippen molar-refractivity contribution in [1.29, 1.82) is 0 Å². The summed E-state index contributed by atoms with van der Waals surface area (Å²) in [4.78, 5) is 46.5. The van der Waals surface area contributed by atoms with Crippen LogP contribution in [0.1, 0.15) is 58.3 Å². The topological polar surface area (TPSA) is 129 Å². The number of amides is 2. The number of pyridine rings is 1. The lowest BCUT2D eigenvalue weighted by Gasteiger charge is -2.15. The number of halogens is 1. The van der Waals surface area contributed by atoms with Crippen molar-refractivity contribution in [2.75, 3.05) is 13.7 Å². The fourth-order valence-corrected chi connectivity index (χ4v) is 4.80. The van der Waals surface area contributed by atoms with E-state index in [1.807, 2.05) is 25.1 Å². The van der Waals surface area contributed by atoms with Crippen LogP contribution >= 0.6 is 22.9 Å². The Hall–Kier alpha value is -3.96. The second-order valence-corrected chi connectivity index (χ2v) is 11.5. The lowest BCUT2D eigenvalue weighted by atomic mass is 10.1. The molecule has 2 aliphatic carbocycles. The van der Waals surface area contributed by atoms with Crippen LogP contribution in [0.25, 0.3) is 6.08 Å². The monoisotopic (exact) mass is 596 g/mol. The molecule has 1 atom stereocenters. The van der Waals surface area contributed by atoms with Crippen LogP contribution in [0.2, 0.25) is 5.02 Å². The van der Waals surface area contributed by atoms with Crippen molar-refractivity contribution < 1.29 is 28.6 Å². The van der Waals surface area contributed by atoms with Gasteiger partial charge in [0.15, 0.2) is 0 Å². The minimum absolute atomic E-state index is 0.0359. The molecule has 2 fully saturated rings. The summed E-state index contributed by atoms with van der Waals surface area (Å²) >= 11 is 7.70. The fraction of sp³-hybridized carbons (Fsp3) is 0.345. The Balaban J connectivity index is 1.13. The van der Waals surface area contributed by atoms with Gasteiger partial charge in [-0.25, -0.2) is 9.78 Å². The molecule has 0 unspecified atom stereocenters. The molecular weight excluding hydrogens is 568 g/mol. The summed E-state index contributed by atoms with van der Waals surface area (Å²) in [6.45, 7) is 2.53. The van der Waals surface area contributed by atoms with E-state index < -0.39 is 17.4 Å². The normalized spacial score (nSPS) is 16.1. The van der Waals surface area contributed by atoms with E-state index in [0.29, 0.717) is 47.1 Å². The highest BCUT2D eigenvalue weighted by molar-refractivity contribution is 7.14. The second kappa shape index (κ2) is 12.3. The van der Waals surface area contributed by atoms with Gasteiger partial charge < -0.3 is 24.8 Å². The molecule has 41 heavy (non-hydrogen) atoms. The van der Waals surface area contributed by atoms with Crippen LogP contribution < -0.4 is 20.1 Å². The van der Waals surface area contributed by atoms with E-state index in [2.05, 4.69) is 20.6 Å². The van der Waals surface area contributed by atoms with Crippen molar-refractivity contribution >= 4 is 46.8 Å². The molecule has 12 heteroatoms. The average Bonchev–Trinajstić information content (AvgIpc) is 3.90. The minimum atomic E-state index is -1.01. The Morgan fingerprint density at radius 1 is 1.17 bits per heavy atom. The van der Waals surface area contributed by atoms with Crippen LogP contribution in [-0.2, 0) is 9.53 Å². The van der Waals surface area contributed by atoms with E-state index in [-0.39, 0.29) is 23.2 Å². The van der Waals surface area contributed by atoms with Crippen LogP contribution in [0.5, 0.6) is 16.7 Å². The number of nitrogens with one attached hydrogen (secondary N) is 2. The maximum absolute atomic E-state index is 12.8. The van der Waals surface area contributed by atoms with Crippen LogP contribution in [0.4, 0.5) is 0 Å². The van der Waals surface area contributed by atoms with E-state index in [1.54, 1.807) is 18.3 Å². The Morgan fingerprint density at radius 3 is 2.68 bits per heavy atom. The van der Waals surface area contributed by atoms with E-state index in [9.17, 15) is 14.4 Å². The number of benzene rings is 1. The van der Waals surface area contributed by atoms with Gasteiger partial charge in [-0.2, -0.15) is 0 Å². The molecule has 2 heterocycles. The van der Waals surface area contributed by atoms with E-state index in [1.165, 1.54) is 49.6 Å². The molecule has 2 aliphatic rings. The number of carbonyl (C=O) groups is 3. The summed E-state index contributed by atoms with van der Waals surface area (Å²) in [5.74, 6) is 0.438. The number of hydrogen-bond acceptors (Lipinski definition) is 9. The molecule has 1 aromatic carbocycles. The molecule has 0 radical (unpaired) electrons. The number of methoxy groups -OCH3 is 1.